The van der Waals surface area contributed by atoms with Crippen LogP contribution in [0, 0.1) is 13.8 Å². The minimum Gasteiger partial charge on any atom is -0.487 e. The zero-order valence-electron chi connectivity index (χ0n) is 16.3. The molecule has 27 heavy (non-hydrogen) atoms. The lowest BCUT2D eigenvalue weighted by molar-refractivity contribution is 0.188. The fourth-order valence-corrected chi connectivity index (χ4v) is 3.07. The Bertz CT molecular complexity index is 791. The van der Waals surface area contributed by atoms with Crippen molar-refractivity contribution in [2.75, 3.05) is 23.7 Å². The first-order valence-corrected chi connectivity index (χ1v) is 9.28. The summed E-state index contributed by atoms with van der Waals surface area (Å²) in [4.78, 5) is 23.0. The van der Waals surface area contributed by atoms with E-state index in [9.17, 15) is 4.79 Å². The number of hydrogen-bond acceptors (Lipinski definition) is 5. The second-order valence-electron chi connectivity index (χ2n) is 7.24. The molecule has 1 aliphatic rings. The molecule has 0 aliphatic carbocycles. The Labute approximate surface area is 160 Å². The zero-order valence-corrected chi connectivity index (χ0v) is 16.3. The van der Waals surface area contributed by atoms with Crippen LogP contribution in [0.5, 0.6) is 5.75 Å². The van der Waals surface area contributed by atoms with Crippen LogP contribution >= 0.6 is 0 Å². The number of rotatable bonds is 5. The second-order valence-corrected chi connectivity index (χ2v) is 7.24. The molecule has 0 spiro atoms. The topological polar surface area (TPSA) is 79.4 Å². The molecule has 7 heteroatoms. The van der Waals surface area contributed by atoms with Crippen molar-refractivity contribution in [2.24, 2.45) is 0 Å². The number of aromatic nitrogens is 2. The Balaban J connectivity index is 1.66. The van der Waals surface area contributed by atoms with E-state index < -0.39 is 0 Å². The normalized spacial score (nSPS) is 17.1. The number of carbonyl (C=O) groups excluding carboxylic acids is 1. The minimum atomic E-state index is -0.376. The fourth-order valence-electron chi connectivity index (χ4n) is 3.07. The van der Waals surface area contributed by atoms with Gasteiger partial charge < -0.3 is 10.1 Å². The van der Waals surface area contributed by atoms with Crippen molar-refractivity contribution in [3.8, 4) is 5.75 Å². The standard InChI is InChI=1S/C20H27N5O2/c1-13(2)25-8-7-16(12-25)27-18-6-5-14(3)9-17(18)23-20(26)24-19-11-21-15(4)10-22-19/h5-6,9-11,13,16H,7-8,12H2,1-4H3,(H2,22,23,24,26). The molecule has 1 unspecified atom stereocenters. The van der Waals surface area contributed by atoms with Gasteiger partial charge in [-0.15, -0.1) is 0 Å². The lowest BCUT2D eigenvalue weighted by Gasteiger charge is -2.21. The molecule has 1 saturated heterocycles. The summed E-state index contributed by atoms with van der Waals surface area (Å²) < 4.78 is 6.20. The first kappa shape index (κ1) is 19.1. The molecule has 2 N–H and O–H groups in total. The molecule has 2 amide bonds. The summed E-state index contributed by atoms with van der Waals surface area (Å²) in [6, 6.07) is 5.94. The predicted molar refractivity (Wildman–Crippen MR) is 106 cm³/mol. The van der Waals surface area contributed by atoms with E-state index >= 15 is 0 Å². The van der Waals surface area contributed by atoms with Gasteiger partial charge in [0, 0.05) is 19.1 Å². The van der Waals surface area contributed by atoms with E-state index in [4.69, 9.17) is 4.74 Å². The van der Waals surface area contributed by atoms with Crippen LogP contribution in [0.4, 0.5) is 16.3 Å². The van der Waals surface area contributed by atoms with Gasteiger partial charge in [-0.05, 0) is 51.8 Å². The van der Waals surface area contributed by atoms with Crippen molar-refractivity contribution >= 4 is 17.5 Å². The molecule has 1 aromatic heterocycles. The van der Waals surface area contributed by atoms with Gasteiger partial charge in [0.2, 0.25) is 0 Å². The van der Waals surface area contributed by atoms with Crippen LogP contribution in [0.15, 0.2) is 30.6 Å². The Morgan fingerprint density at radius 3 is 2.70 bits per heavy atom. The molecule has 2 heterocycles. The number of nitrogens with one attached hydrogen (secondary N) is 2. The van der Waals surface area contributed by atoms with E-state index in [1.807, 2.05) is 32.0 Å². The number of aryl methyl sites for hydroxylation is 2. The summed E-state index contributed by atoms with van der Waals surface area (Å²) in [7, 11) is 0. The van der Waals surface area contributed by atoms with Crippen LogP contribution in [0.1, 0.15) is 31.5 Å². The van der Waals surface area contributed by atoms with Crippen molar-refractivity contribution in [3.63, 3.8) is 0 Å². The van der Waals surface area contributed by atoms with Gasteiger partial charge in [-0.3, -0.25) is 15.2 Å². The van der Waals surface area contributed by atoms with E-state index in [2.05, 4.69) is 39.3 Å². The molecule has 7 nitrogen and oxygen atoms in total. The molecule has 0 radical (unpaired) electrons. The molecule has 1 fully saturated rings. The Morgan fingerprint density at radius 1 is 1.22 bits per heavy atom. The van der Waals surface area contributed by atoms with Gasteiger partial charge in [-0.25, -0.2) is 9.78 Å². The first-order valence-electron chi connectivity index (χ1n) is 9.28. The molecule has 144 valence electrons. The predicted octanol–water partition coefficient (Wildman–Crippen LogP) is 3.60. The molecule has 1 aliphatic heterocycles. The average Bonchev–Trinajstić information content (AvgIpc) is 3.08. The van der Waals surface area contributed by atoms with E-state index in [0.29, 0.717) is 23.3 Å². The van der Waals surface area contributed by atoms with Gasteiger partial charge in [0.1, 0.15) is 11.9 Å². The van der Waals surface area contributed by atoms with E-state index in [-0.39, 0.29) is 12.1 Å². The quantitative estimate of drug-likeness (QED) is 0.842. The molecule has 1 atom stereocenters. The minimum absolute atomic E-state index is 0.127. The van der Waals surface area contributed by atoms with Crippen LogP contribution < -0.4 is 15.4 Å². The number of benzene rings is 1. The zero-order chi connectivity index (χ0) is 19.4. The van der Waals surface area contributed by atoms with Gasteiger partial charge in [-0.1, -0.05) is 6.07 Å². The number of ether oxygens (including phenoxy) is 1. The summed E-state index contributed by atoms with van der Waals surface area (Å²) >= 11 is 0. The highest BCUT2D eigenvalue weighted by molar-refractivity contribution is 6.00. The molecule has 2 aromatic rings. The van der Waals surface area contributed by atoms with Crippen molar-refractivity contribution in [2.45, 2.75) is 46.3 Å². The summed E-state index contributed by atoms with van der Waals surface area (Å²) in [5.41, 5.74) is 2.49. The third-order valence-electron chi connectivity index (χ3n) is 4.61. The number of urea groups is 1. The highest BCUT2D eigenvalue weighted by Crippen LogP contribution is 2.29. The lowest BCUT2D eigenvalue weighted by atomic mass is 10.2. The van der Waals surface area contributed by atoms with Crippen molar-refractivity contribution in [1.82, 2.24) is 14.9 Å². The third kappa shape index (κ3) is 5.17. The molecular formula is C20H27N5O2. The number of amides is 2. The smallest absolute Gasteiger partial charge is 0.324 e. The highest BCUT2D eigenvalue weighted by atomic mass is 16.5. The van der Waals surface area contributed by atoms with Crippen molar-refractivity contribution in [1.29, 1.82) is 0 Å². The maximum Gasteiger partial charge on any atom is 0.324 e. The van der Waals surface area contributed by atoms with Crippen LogP contribution in [0.25, 0.3) is 0 Å². The molecule has 0 saturated carbocycles. The number of carbonyl (C=O) groups is 1. The van der Waals surface area contributed by atoms with Gasteiger partial charge in [0.05, 0.1) is 23.8 Å². The van der Waals surface area contributed by atoms with Crippen LogP contribution in [-0.2, 0) is 0 Å². The number of nitrogens with zero attached hydrogens (tertiary/aromatic N) is 3. The van der Waals surface area contributed by atoms with Crippen LogP contribution in [0.3, 0.4) is 0 Å². The van der Waals surface area contributed by atoms with Gasteiger partial charge >= 0.3 is 6.03 Å². The van der Waals surface area contributed by atoms with E-state index in [0.717, 1.165) is 30.8 Å². The van der Waals surface area contributed by atoms with E-state index in [1.165, 1.54) is 6.20 Å². The second kappa shape index (κ2) is 8.35. The summed E-state index contributed by atoms with van der Waals surface area (Å²) in [6.07, 6.45) is 4.25. The number of hydrogen-bond donors (Lipinski definition) is 2. The molecule has 3 rings (SSSR count). The highest BCUT2D eigenvalue weighted by Gasteiger charge is 2.26. The Morgan fingerprint density at radius 2 is 2.04 bits per heavy atom. The van der Waals surface area contributed by atoms with Crippen LogP contribution in [-0.4, -0.2) is 46.1 Å². The van der Waals surface area contributed by atoms with E-state index in [1.54, 1.807) is 6.20 Å². The van der Waals surface area contributed by atoms with Crippen molar-refractivity contribution in [3.05, 3.63) is 41.9 Å². The maximum atomic E-state index is 12.4. The summed E-state index contributed by atoms with van der Waals surface area (Å²) in [5, 5.41) is 5.56. The number of likely N-dealkylation sites (tertiary alicyclic amines) is 1. The van der Waals surface area contributed by atoms with Crippen molar-refractivity contribution < 1.29 is 9.53 Å². The third-order valence-corrected chi connectivity index (χ3v) is 4.61. The Kier molecular flexibility index (Phi) is 5.91. The largest absolute Gasteiger partial charge is 0.487 e. The Hall–Kier alpha value is -2.67. The van der Waals surface area contributed by atoms with Gasteiger partial charge in [0.25, 0.3) is 0 Å². The average molecular weight is 369 g/mol. The summed E-state index contributed by atoms with van der Waals surface area (Å²) in [5.74, 6) is 1.08. The fraction of sp³-hybridized carbons (Fsp3) is 0.450. The SMILES string of the molecule is Cc1ccc(OC2CCN(C(C)C)C2)c(NC(=O)Nc2cnc(C)cn2)c1. The summed E-state index contributed by atoms with van der Waals surface area (Å²) in [6.45, 7) is 10.1. The molecule has 1 aromatic carbocycles. The number of anilines is 2. The maximum absolute atomic E-state index is 12.4. The molecular weight excluding hydrogens is 342 g/mol. The van der Waals surface area contributed by atoms with Gasteiger partial charge in [-0.2, -0.15) is 0 Å². The van der Waals surface area contributed by atoms with Crippen LogP contribution in [0.2, 0.25) is 0 Å². The first-order chi connectivity index (χ1) is 12.9. The monoisotopic (exact) mass is 369 g/mol. The van der Waals surface area contributed by atoms with Gasteiger partial charge in [0.15, 0.2) is 5.82 Å². The molecule has 0 bridgehead atoms. The lowest BCUT2D eigenvalue weighted by Crippen LogP contribution is -2.30.